The molecule has 2 heterocycles. The Kier molecular flexibility index (Phi) is 4.39. The molecular formula is C11H15ClN2S2. The Morgan fingerprint density at radius 2 is 2.19 bits per heavy atom. The van der Waals surface area contributed by atoms with Gasteiger partial charge in [0.25, 0.3) is 0 Å². The first-order chi connectivity index (χ1) is 7.66. The van der Waals surface area contributed by atoms with E-state index in [0.29, 0.717) is 16.3 Å². The highest BCUT2D eigenvalue weighted by molar-refractivity contribution is 8.06. The van der Waals surface area contributed by atoms with E-state index in [-0.39, 0.29) is 0 Å². The summed E-state index contributed by atoms with van der Waals surface area (Å²) in [5.41, 5.74) is 1.05. The zero-order valence-corrected chi connectivity index (χ0v) is 11.8. The maximum Gasteiger partial charge on any atom is 0.144 e. The number of nitrogens with zero attached hydrogens (tertiary/aromatic N) is 2. The minimum atomic E-state index is 0.403. The second-order valence-corrected chi connectivity index (χ2v) is 6.91. The average Bonchev–Trinajstić information content (AvgIpc) is 2.29. The fraction of sp³-hybridized carbons (Fsp3) is 0.636. The highest BCUT2D eigenvalue weighted by Gasteiger charge is 2.20. The lowest BCUT2D eigenvalue weighted by Crippen LogP contribution is -2.11. The lowest BCUT2D eigenvalue weighted by Gasteiger charge is -2.20. The number of halogens is 1. The molecule has 0 bridgehead atoms. The molecule has 1 fully saturated rings. The molecule has 0 N–H and O–H groups in total. The van der Waals surface area contributed by atoms with Crippen molar-refractivity contribution in [2.75, 3.05) is 17.3 Å². The van der Waals surface area contributed by atoms with E-state index < -0.39 is 0 Å². The van der Waals surface area contributed by atoms with Crippen molar-refractivity contribution >= 4 is 35.1 Å². The third-order valence-corrected chi connectivity index (χ3v) is 5.37. The molecule has 2 rings (SSSR count). The quantitative estimate of drug-likeness (QED) is 0.767. The standard InChI is InChI=1S/C11H15ClN2S2/c1-7(2)8-5-10(12)14-11(13-8)9-6-15-3-4-16-9/h5,7,9H,3-4,6H2,1-2H3. The van der Waals surface area contributed by atoms with Crippen molar-refractivity contribution < 1.29 is 0 Å². The van der Waals surface area contributed by atoms with Crippen LogP contribution in [0.4, 0.5) is 0 Å². The number of hydrogen-bond donors (Lipinski definition) is 0. The highest BCUT2D eigenvalue weighted by atomic mass is 35.5. The molecule has 0 radical (unpaired) electrons. The van der Waals surface area contributed by atoms with E-state index in [4.69, 9.17) is 11.6 Å². The Morgan fingerprint density at radius 1 is 1.38 bits per heavy atom. The molecule has 0 aromatic carbocycles. The van der Waals surface area contributed by atoms with E-state index in [1.54, 1.807) is 0 Å². The Balaban J connectivity index is 2.25. The third-order valence-electron chi connectivity index (χ3n) is 2.43. The molecule has 1 unspecified atom stereocenters. The Labute approximate surface area is 110 Å². The van der Waals surface area contributed by atoms with Crippen LogP contribution in [0, 0.1) is 0 Å². The van der Waals surface area contributed by atoms with Crippen LogP contribution in [0.1, 0.15) is 36.5 Å². The van der Waals surface area contributed by atoms with Gasteiger partial charge in [-0.15, -0.1) is 11.8 Å². The van der Waals surface area contributed by atoms with Crippen molar-refractivity contribution in [3.05, 3.63) is 22.7 Å². The number of thioether (sulfide) groups is 2. The summed E-state index contributed by atoms with van der Waals surface area (Å²) >= 11 is 9.96. The van der Waals surface area contributed by atoms with Gasteiger partial charge in [0.05, 0.1) is 5.25 Å². The predicted molar refractivity (Wildman–Crippen MR) is 73.7 cm³/mol. The number of hydrogen-bond acceptors (Lipinski definition) is 4. The fourth-order valence-electron chi connectivity index (χ4n) is 1.53. The van der Waals surface area contributed by atoms with Crippen LogP contribution in [0.15, 0.2) is 6.07 Å². The van der Waals surface area contributed by atoms with Crippen LogP contribution in [-0.4, -0.2) is 27.2 Å². The maximum absolute atomic E-state index is 6.05. The summed E-state index contributed by atoms with van der Waals surface area (Å²) in [6.45, 7) is 4.26. The lowest BCUT2D eigenvalue weighted by molar-refractivity contribution is 0.784. The van der Waals surface area contributed by atoms with Gasteiger partial charge in [-0.3, -0.25) is 0 Å². The smallest absolute Gasteiger partial charge is 0.144 e. The molecule has 0 saturated carbocycles. The Morgan fingerprint density at radius 3 is 2.81 bits per heavy atom. The Bertz CT molecular complexity index is 365. The summed E-state index contributed by atoms with van der Waals surface area (Å²) in [7, 11) is 0. The molecule has 1 aromatic heterocycles. The lowest BCUT2D eigenvalue weighted by atomic mass is 10.1. The summed E-state index contributed by atoms with van der Waals surface area (Å²) in [6.07, 6.45) is 0. The van der Waals surface area contributed by atoms with Crippen molar-refractivity contribution in [3.8, 4) is 0 Å². The SMILES string of the molecule is CC(C)c1cc(Cl)nc(C2CSCCS2)n1. The zero-order valence-electron chi connectivity index (χ0n) is 9.44. The van der Waals surface area contributed by atoms with Crippen molar-refractivity contribution in [1.29, 1.82) is 0 Å². The van der Waals surface area contributed by atoms with Crippen LogP contribution in [0.25, 0.3) is 0 Å². The van der Waals surface area contributed by atoms with Crippen LogP contribution in [0.3, 0.4) is 0 Å². The molecule has 1 aliphatic heterocycles. The molecule has 1 saturated heterocycles. The molecule has 5 heteroatoms. The first-order valence-corrected chi connectivity index (χ1v) is 7.98. The van der Waals surface area contributed by atoms with Gasteiger partial charge in [0.15, 0.2) is 0 Å². The van der Waals surface area contributed by atoms with Gasteiger partial charge < -0.3 is 0 Å². The largest absolute Gasteiger partial charge is 0.236 e. The normalized spacial score (nSPS) is 21.4. The van der Waals surface area contributed by atoms with Crippen molar-refractivity contribution in [1.82, 2.24) is 9.97 Å². The summed E-state index contributed by atoms with van der Waals surface area (Å²) in [6, 6.07) is 1.87. The number of rotatable bonds is 2. The van der Waals surface area contributed by atoms with Crippen LogP contribution in [0.5, 0.6) is 0 Å². The van der Waals surface area contributed by atoms with Gasteiger partial charge in [0.1, 0.15) is 11.0 Å². The van der Waals surface area contributed by atoms with E-state index in [1.807, 2.05) is 29.6 Å². The summed E-state index contributed by atoms with van der Waals surface area (Å²) in [5.74, 6) is 4.83. The van der Waals surface area contributed by atoms with Gasteiger partial charge in [-0.2, -0.15) is 11.8 Å². The van der Waals surface area contributed by atoms with Gasteiger partial charge in [0.2, 0.25) is 0 Å². The molecule has 1 aromatic rings. The van der Waals surface area contributed by atoms with E-state index in [9.17, 15) is 0 Å². The van der Waals surface area contributed by atoms with Gasteiger partial charge in [0, 0.05) is 23.0 Å². The first-order valence-electron chi connectivity index (χ1n) is 5.40. The van der Waals surface area contributed by atoms with Crippen molar-refractivity contribution in [2.45, 2.75) is 25.0 Å². The monoisotopic (exact) mass is 274 g/mol. The topological polar surface area (TPSA) is 25.8 Å². The highest BCUT2D eigenvalue weighted by Crippen LogP contribution is 2.35. The van der Waals surface area contributed by atoms with Gasteiger partial charge >= 0.3 is 0 Å². The van der Waals surface area contributed by atoms with E-state index in [1.165, 1.54) is 11.5 Å². The molecule has 1 atom stereocenters. The van der Waals surface area contributed by atoms with Crippen molar-refractivity contribution in [3.63, 3.8) is 0 Å². The molecule has 88 valence electrons. The Hall–Kier alpha value is 0.0700. The first kappa shape index (κ1) is 12.5. The van der Waals surface area contributed by atoms with Gasteiger partial charge in [-0.1, -0.05) is 25.4 Å². The molecule has 0 aliphatic carbocycles. The van der Waals surface area contributed by atoms with Crippen LogP contribution < -0.4 is 0 Å². The maximum atomic E-state index is 6.05. The van der Waals surface area contributed by atoms with E-state index >= 15 is 0 Å². The molecular weight excluding hydrogens is 260 g/mol. The third kappa shape index (κ3) is 3.05. The second-order valence-electron chi connectivity index (χ2n) is 4.06. The molecule has 16 heavy (non-hydrogen) atoms. The van der Waals surface area contributed by atoms with Crippen LogP contribution in [0.2, 0.25) is 5.15 Å². The van der Waals surface area contributed by atoms with E-state index in [0.717, 1.165) is 17.3 Å². The van der Waals surface area contributed by atoms with E-state index in [2.05, 4.69) is 23.8 Å². The molecule has 0 spiro atoms. The average molecular weight is 275 g/mol. The van der Waals surface area contributed by atoms with Crippen molar-refractivity contribution in [2.24, 2.45) is 0 Å². The molecule has 2 nitrogen and oxygen atoms in total. The summed E-state index contributed by atoms with van der Waals surface area (Å²) in [5, 5.41) is 0.986. The predicted octanol–water partition coefficient (Wildman–Crippen LogP) is 3.77. The zero-order chi connectivity index (χ0) is 11.5. The molecule has 1 aliphatic rings. The minimum Gasteiger partial charge on any atom is -0.236 e. The number of aromatic nitrogens is 2. The van der Waals surface area contributed by atoms with Crippen LogP contribution >= 0.6 is 35.1 Å². The minimum absolute atomic E-state index is 0.403. The summed E-state index contributed by atoms with van der Waals surface area (Å²) < 4.78 is 0. The molecule has 0 amide bonds. The van der Waals surface area contributed by atoms with Gasteiger partial charge in [-0.05, 0) is 12.0 Å². The summed E-state index contributed by atoms with van der Waals surface area (Å²) in [4.78, 5) is 8.99. The van der Waals surface area contributed by atoms with Gasteiger partial charge in [-0.25, -0.2) is 9.97 Å². The second kappa shape index (κ2) is 5.61. The van der Waals surface area contributed by atoms with Crippen LogP contribution in [-0.2, 0) is 0 Å². The fourth-order valence-corrected chi connectivity index (χ4v) is 4.33.